The second-order valence-corrected chi connectivity index (χ2v) is 4.00. The molecule has 0 aliphatic heterocycles. The number of rotatable bonds is 5. The fourth-order valence-corrected chi connectivity index (χ4v) is 1.77. The van der Waals surface area contributed by atoms with Crippen LogP contribution in [0.15, 0.2) is 29.2 Å². The Morgan fingerprint density at radius 2 is 2.33 bits per heavy atom. The molecule has 1 rings (SSSR count). The third-order valence-electron chi connectivity index (χ3n) is 2.12. The van der Waals surface area contributed by atoms with Crippen LogP contribution < -0.4 is 0 Å². The molecular formula is C11H14O3S. The summed E-state index contributed by atoms with van der Waals surface area (Å²) in [5.41, 5.74) is 0.983. The van der Waals surface area contributed by atoms with Crippen LogP contribution in [0.2, 0.25) is 0 Å². The maximum atomic E-state index is 10.8. The van der Waals surface area contributed by atoms with Gasteiger partial charge in [0.15, 0.2) is 6.10 Å². The van der Waals surface area contributed by atoms with Gasteiger partial charge in [0.1, 0.15) is 0 Å². The zero-order valence-corrected chi connectivity index (χ0v) is 9.58. The highest BCUT2D eigenvalue weighted by atomic mass is 32.2. The van der Waals surface area contributed by atoms with E-state index in [0.717, 1.165) is 10.5 Å². The van der Waals surface area contributed by atoms with Gasteiger partial charge in [-0.2, -0.15) is 0 Å². The number of carbonyl (C=O) groups is 1. The molecule has 3 nitrogen and oxygen atoms in total. The van der Waals surface area contributed by atoms with E-state index in [-0.39, 0.29) is 0 Å². The summed E-state index contributed by atoms with van der Waals surface area (Å²) in [7, 11) is 1.41. The van der Waals surface area contributed by atoms with Crippen LogP contribution >= 0.6 is 11.8 Å². The van der Waals surface area contributed by atoms with E-state index in [1.54, 1.807) is 11.8 Å². The molecule has 1 aromatic rings. The largest absolute Gasteiger partial charge is 0.479 e. The normalized spacial score (nSPS) is 12.4. The molecule has 0 aromatic heterocycles. The molecule has 1 N–H and O–H groups in total. The van der Waals surface area contributed by atoms with Gasteiger partial charge in [-0.25, -0.2) is 4.79 Å². The van der Waals surface area contributed by atoms with E-state index in [0.29, 0.717) is 6.42 Å². The van der Waals surface area contributed by atoms with Crippen molar-refractivity contribution >= 4 is 17.7 Å². The Morgan fingerprint density at radius 3 is 2.87 bits per heavy atom. The second kappa shape index (κ2) is 5.78. The first-order valence-corrected chi connectivity index (χ1v) is 5.78. The summed E-state index contributed by atoms with van der Waals surface area (Å²) in [4.78, 5) is 11.9. The molecule has 0 saturated heterocycles. The van der Waals surface area contributed by atoms with E-state index in [2.05, 4.69) is 0 Å². The minimum atomic E-state index is -0.924. The molecule has 0 bridgehead atoms. The van der Waals surface area contributed by atoms with Crippen LogP contribution in [0.4, 0.5) is 0 Å². The van der Waals surface area contributed by atoms with Crippen molar-refractivity contribution in [3.05, 3.63) is 29.8 Å². The quantitative estimate of drug-likeness (QED) is 0.781. The maximum Gasteiger partial charge on any atom is 0.333 e. The van der Waals surface area contributed by atoms with E-state index in [4.69, 9.17) is 9.84 Å². The summed E-state index contributed by atoms with van der Waals surface area (Å²) in [5.74, 6) is -0.924. The van der Waals surface area contributed by atoms with Crippen molar-refractivity contribution in [1.29, 1.82) is 0 Å². The molecule has 1 atom stereocenters. The van der Waals surface area contributed by atoms with Gasteiger partial charge in [0.05, 0.1) is 0 Å². The zero-order chi connectivity index (χ0) is 11.3. The van der Waals surface area contributed by atoms with Gasteiger partial charge in [0, 0.05) is 18.4 Å². The first kappa shape index (κ1) is 12.1. The van der Waals surface area contributed by atoms with Crippen molar-refractivity contribution in [2.24, 2.45) is 0 Å². The van der Waals surface area contributed by atoms with Gasteiger partial charge in [0.25, 0.3) is 0 Å². The van der Waals surface area contributed by atoms with Crippen molar-refractivity contribution in [3.8, 4) is 0 Å². The van der Waals surface area contributed by atoms with Crippen LogP contribution in [0.1, 0.15) is 5.56 Å². The predicted molar refractivity (Wildman–Crippen MR) is 60.4 cm³/mol. The molecule has 0 fully saturated rings. The Kier molecular flexibility index (Phi) is 4.65. The topological polar surface area (TPSA) is 46.5 Å². The van der Waals surface area contributed by atoms with Crippen molar-refractivity contribution in [2.45, 2.75) is 17.4 Å². The second-order valence-electron chi connectivity index (χ2n) is 3.12. The molecule has 0 amide bonds. The standard InChI is InChI=1S/C11H14O3S/c1-14-10(11(12)13)7-8-4-3-5-9(6-8)15-2/h3-6,10H,7H2,1-2H3,(H,12,13). The van der Waals surface area contributed by atoms with Gasteiger partial charge >= 0.3 is 5.97 Å². The average Bonchev–Trinajstić information content (AvgIpc) is 2.25. The van der Waals surface area contributed by atoms with Crippen LogP contribution in [0.5, 0.6) is 0 Å². The Hall–Kier alpha value is -1.00. The minimum Gasteiger partial charge on any atom is -0.479 e. The number of methoxy groups -OCH3 is 1. The highest BCUT2D eigenvalue weighted by Gasteiger charge is 2.16. The summed E-state index contributed by atoms with van der Waals surface area (Å²) in [5, 5.41) is 8.83. The van der Waals surface area contributed by atoms with Gasteiger partial charge in [-0.3, -0.25) is 0 Å². The Balaban J connectivity index is 2.74. The highest BCUT2D eigenvalue weighted by Crippen LogP contribution is 2.17. The van der Waals surface area contributed by atoms with E-state index in [1.807, 2.05) is 30.5 Å². The number of hydrogen-bond donors (Lipinski definition) is 1. The number of thioether (sulfide) groups is 1. The summed E-state index contributed by atoms with van der Waals surface area (Å²) >= 11 is 1.64. The molecule has 0 heterocycles. The van der Waals surface area contributed by atoms with Crippen LogP contribution in [-0.4, -0.2) is 30.5 Å². The third kappa shape index (κ3) is 3.57. The summed E-state index contributed by atoms with van der Waals surface area (Å²) in [6.45, 7) is 0. The lowest BCUT2D eigenvalue weighted by atomic mass is 10.1. The zero-order valence-electron chi connectivity index (χ0n) is 8.77. The van der Waals surface area contributed by atoms with Crippen molar-refractivity contribution < 1.29 is 14.6 Å². The number of ether oxygens (including phenoxy) is 1. The summed E-state index contributed by atoms with van der Waals surface area (Å²) < 4.78 is 4.88. The minimum absolute atomic E-state index is 0.403. The molecule has 4 heteroatoms. The van der Waals surface area contributed by atoms with Gasteiger partial charge in [0.2, 0.25) is 0 Å². The van der Waals surface area contributed by atoms with Crippen molar-refractivity contribution in [1.82, 2.24) is 0 Å². The SMILES string of the molecule is COC(Cc1cccc(SC)c1)C(=O)O. The number of aliphatic carboxylic acids is 1. The van der Waals surface area contributed by atoms with E-state index in [9.17, 15) is 4.79 Å². The molecule has 0 saturated carbocycles. The number of benzene rings is 1. The van der Waals surface area contributed by atoms with Crippen LogP contribution in [-0.2, 0) is 16.0 Å². The molecule has 15 heavy (non-hydrogen) atoms. The predicted octanol–water partition coefficient (Wildman–Crippen LogP) is 2.05. The van der Waals surface area contributed by atoms with Gasteiger partial charge in [-0.15, -0.1) is 11.8 Å². The molecule has 0 radical (unpaired) electrons. The monoisotopic (exact) mass is 226 g/mol. The fourth-order valence-electron chi connectivity index (χ4n) is 1.28. The smallest absolute Gasteiger partial charge is 0.333 e. The lowest BCUT2D eigenvalue weighted by Gasteiger charge is -2.10. The van der Waals surface area contributed by atoms with Crippen LogP contribution in [0.25, 0.3) is 0 Å². The average molecular weight is 226 g/mol. The van der Waals surface area contributed by atoms with Gasteiger partial charge in [-0.05, 0) is 24.0 Å². The molecule has 1 unspecified atom stereocenters. The number of carboxylic acids is 1. The van der Waals surface area contributed by atoms with Gasteiger partial charge in [-0.1, -0.05) is 12.1 Å². The Bertz CT molecular complexity index is 338. The Labute approximate surface area is 93.4 Å². The molecule has 0 aliphatic carbocycles. The van der Waals surface area contributed by atoms with Crippen LogP contribution in [0, 0.1) is 0 Å². The first-order valence-electron chi connectivity index (χ1n) is 4.56. The molecular weight excluding hydrogens is 212 g/mol. The summed E-state index contributed by atoms with van der Waals surface area (Å²) in [6, 6.07) is 7.82. The molecule has 82 valence electrons. The number of carboxylic acid groups (broad SMARTS) is 1. The number of hydrogen-bond acceptors (Lipinski definition) is 3. The fraction of sp³-hybridized carbons (Fsp3) is 0.364. The lowest BCUT2D eigenvalue weighted by molar-refractivity contribution is -0.148. The third-order valence-corrected chi connectivity index (χ3v) is 2.84. The van der Waals surface area contributed by atoms with Crippen molar-refractivity contribution in [2.75, 3.05) is 13.4 Å². The van der Waals surface area contributed by atoms with E-state index < -0.39 is 12.1 Å². The molecule has 0 aliphatic rings. The first-order chi connectivity index (χ1) is 7.17. The Morgan fingerprint density at radius 1 is 1.60 bits per heavy atom. The maximum absolute atomic E-state index is 10.8. The van der Waals surface area contributed by atoms with E-state index in [1.165, 1.54) is 7.11 Å². The van der Waals surface area contributed by atoms with Crippen LogP contribution in [0.3, 0.4) is 0 Å². The summed E-state index contributed by atoms with van der Waals surface area (Å²) in [6.07, 6.45) is 1.63. The highest BCUT2D eigenvalue weighted by molar-refractivity contribution is 7.98. The van der Waals surface area contributed by atoms with E-state index >= 15 is 0 Å². The van der Waals surface area contributed by atoms with Crippen molar-refractivity contribution in [3.63, 3.8) is 0 Å². The molecule has 1 aromatic carbocycles. The van der Waals surface area contributed by atoms with Gasteiger partial charge < -0.3 is 9.84 Å². The molecule has 0 spiro atoms. The lowest BCUT2D eigenvalue weighted by Crippen LogP contribution is -2.24.